The summed E-state index contributed by atoms with van der Waals surface area (Å²) < 4.78 is 0. The monoisotopic (exact) mass is 332 g/mol. The molecule has 1 unspecified atom stereocenters. The summed E-state index contributed by atoms with van der Waals surface area (Å²) in [4.78, 5) is 15.5. The number of hydrogen-bond acceptors (Lipinski definition) is 5. The van der Waals surface area contributed by atoms with Crippen molar-refractivity contribution in [1.29, 1.82) is 0 Å². The Morgan fingerprint density at radius 2 is 1.75 bits per heavy atom. The molecule has 5 heteroatoms. The second-order valence-electron chi connectivity index (χ2n) is 5.57. The van der Waals surface area contributed by atoms with Crippen molar-refractivity contribution in [3.05, 3.63) is 77.3 Å². The van der Waals surface area contributed by atoms with Crippen molar-refractivity contribution in [1.82, 2.24) is 15.0 Å². The number of pyridine rings is 1. The number of thiophene rings is 1. The second kappa shape index (κ2) is 6.11. The van der Waals surface area contributed by atoms with E-state index in [4.69, 9.17) is 5.73 Å². The van der Waals surface area contributed by atoms with Crippen molar-refractivity contribution in [3.63, 3.8) is 0 Å². The fraction of sp³-hybridized carbons (Fsp3) is 0.105. The van der Waals surface area contributed by atoms with Gasteiger partial charge in [-0.1, -0.05) is 36.4 Å². The van der Waals surface area contributed by atoms with Crippen LogP contribution in [0.4, 0.5) is 0 Å². The van der Waals surface area contributed by atoms with E-state index >= 15 is 0 Å². The highest BCUT2D eigenvalue weighted by molar-refractivity contribution is 7.19. The van der Waals surface area contributed by atoms with E-state index in [0.29, 0.717) is 0 Å². The number of rotatable bonds is 3. The van der Waals surface area contributed by atoms with Crippen molar-refractivity contribution in [2.24, 2.45) is 5.73 Å². The molecule has 0 amide bonds. The van der Waals surface area contributed by atoms with Gasteiger partial charge in [0.25, 0.3) is 0 Å². The Hall–Kier alpha value is -2.63. The molecule has 0 fully saturated rings. The predicted molar refractivity (Wildman–Crippen MR) is 97.9 cm³/mol. The Morgan fingerprint density at radius 3 is 2.50 bits per heavy atom. The van der Waals surface area contributed by atoms with Gasteiger partial charge in [0.2, 0.25) is 0 Å². The lowest BCUT2D eigenvalue weighted by Gasteiger charge is -2.13. The summed E-state index contributed by atoms with van der Waals surface area (Å²) in [6, 6.07) is 15.7. The van der Waals surface area contributed by atoms with Crippen LogP contribution in [0.25, 0.3) is 21.3 Å². The van der Waals surface area contributed by atoms with Gasteiger partial charge in [-0.05, 0) is 24.6 Å². The third kappa shape index (κ3) is 2.48. The summed E-state index contributed by atoms with van der Waals surface area (Å²) in [6.45, 7) is 2.12. The number of hydrogen-bond donors (Lipinski definition) is 1. The van der Waals surface area contributed by atoms with Crippen molar-refractivity contribution < 1.29 is 0 Å². The lowest BCUT2D eigenvalue weighted by molar-refractivity contribution is 0.800. The van der Waals surface area contributed by atoms with Crippen molar-refractivity contribution in [2.45, 2.75) is 13.0 Å². The standard InChI is InChI=1S/C19H16N4S/c1-12-15(13-7-3-2-4-8-13)16-18(22-11-23-19(16)24-12)17(20)14-9-5-6-10-21-14/h2-11,17H,20H2,1H3. The van der Waals surface area contributed by atoms with E-state index in [1.54, 1.807) is 23.9 Å². The van der Waals surface area contributed by atoms with E-state index in [0.717, 1.165) is 32.7 Å². The first-order chi connectivity index (χ1) is 11.8. The quantitative estimate of drug-likeness (QED) is 0.613. The van der Waals surface area contributed by atoms with Crippen LogP contribution in [0.15, 0.2) is 61.1 Å². The highest BCUT2D eigenvalue weighted by Gasteiger charge is 2.21. The van der Waals surface area contributed by atoms with Crippen LogP contribution in [0.1, 0.15) is 22.3 Å². The molecule has 0 saturated heterocycles. The minimum absolute atomic E-state index is 0.381. The molecule has 4 nitrogen and oxygen atoms in total. The van der Waals surface area contributed by atoms with Crippen LogP contribution in [0.5, 0.6) is 0 Å². The van der Waals surface area contributed by atoms with Gasteiger partial charge in [-0.2, -0.15) is 0 Å². The Kier molecular flexibility index (Phi) is 3.80. The summed E-state index contributed by atoms with van der Waals surface area (Å²) in [7, 11) is 0. The summed E-state index contributed by atoms with van der Waals surface area (Å²) in [6.07, 6.45) is 3.34. The SMILES string of the molecule is Cc1sc2ncnc(C(N)c3ccccn3)c2c1-c1ccccc1. The van der Waals surface area contributed by atoms with Crippen LogP contribution in [-0.4, -0.2) is 15.0 Å². The maximum atomic E-state index is 6.49. The number of aromatic nitrogens is 3. The fourth-order valence-electron chi connectivity index (χ4n) is 2.95. The summed E-state index contributed by atoms with van der Waals surface area (Å²) in [5, 5.41) is 1.03. The zero-order valence-electron chi connectivity index (χ0n) is 13.2. The Bertz CT molecular complexity index is 980. The molecule has 4 rings (SSSR count). The smallest absolute Gasteiger partial charge is 0.127 e. The first-order valence-electron chi connectivity index (χ1n) is 7.71. The van der Waals surface area contributed by atoms with Gasteiger partial charge < -0.3 is 5.73 Å². The number of fused-ring (bicyclic) bond motifs is 1. The first kappa shape index (κ1) is 14.9. The molecule has 4 aromatic rings. The molecule has 0 aliphatic heterocycles. The topological polar surface area (TPSA) is 64.7 Å². The van der Waals surface area contributed by atoms with Gasteiger partial charge in [0.1, 0.15) is 11.2 Å². The van der Waals surface area contributed by atoms with Crippen LogP contribution in [-0.2, 0) is 0 Å². The van der Waals surface area contributed by atoms with Crippen LogP contribution in [0.2, 0.25) is 0 Å². The third-order valence-corrected chi connectivity index (χ3v) is 5.07. The van der Waals surface area contributed by atoms with Gasteiger partial charge in [0.05, 0.1) is 17.4 Å². The van der Waals surface area contributed by atoms with Crippen molar-refractivity contribution in [2.75, 3.05) is 0 Å². The molecule has 118 valence electrons. The van der Waals surface area contributed by atoms with Crippen LogP contribution >= 0.6 is 11.3 Å². The summed E-state index contributed by atoms with van der Waals surface area (Å²) in [5.74, 6) is 0. The molecule has 1 atom stereocenters. The lowest BCUT2D eigenvalue weighted by atomic mass is 9.99. The summed E-state index contributed by atoms with van der Waals surface area (Å²) in [5.41, 5.74) is 10.4. The molecule has 1 aromatic carbocycles. The number of benzene rings is 1. The minimum Gasteiger partial charge on any atom is -0.318 e. The minimum atomic E-state index is -0.381. The van der Waals surface area contributed by atoms with Gasteiger partial charge in [-0.15, -0.1) is 11.3 Å². The maximum absolute atomic E-state index is 6.49. The van der Waals surface area contributed by atoms with Gasteiger partial charge in [0.15, 0.2) is 0 Å². The molecule has 24 heavy (non-hydrogen) atoms. The van der Waals surface area contributed by atoms with Crippen LogP contribution in [0, 0.1) is 6.92 Å². The van der Waals surface area contributed by atoms with Crippen LogP contribution < -0.4 is 5.73 Å². The van der Waals surface area contributed by atoms with Gasteiger partial charge in [-0.25, -0.2) is 9.97 Å². The van der Waals surface area contributed by atoms with E-state index < -0.39 is 0 Å². The zero-order chi connectivity index (χ0) is 16.5. The van der Waals surface area contributed by atoms with Crippen molar-refractivity contribution in [3.8, 4) is 11.1 Å². The molecule has 3 heterocycles. The van der Waals surface area contributed by atoms with E-state index in [1.807, 2.05) is 36.4 Å². The summed E-state index contributed by atoms with van der Waals surface area (Å²) >= 11 is 1.67. The lowest BCUT2D eigenvalue weighted by Crippen LogP contribution is -2.15. The van der Waals surface area contributed by atoms with Gasteiger partial charge in [0, 0.05) is 22.0 Å². The molecular weight excluding hydrogens is 316 g/mol. The molecule has 0 aliphatic carbocycles. The average Bonchev–Trinajstić information content (AvgIpc) is 2.98. The molecule has 0 radical (unpaired) electrons. The molecule has 3 aromatic heterocycles. The maximum Gasteiger partial charge on any atom is 0.127 e. The van der Waals surface area contributed by atoms with E-state index in [1.165, 1.54) is 4.88 Å². The highest BCUT2D eigenvalue weighted by atomic mass is 32.1. The normalized spacial score (nSPS) is 12.4. The number of nitrogens with two attached hydrogens (primary N) is 1. The van der Waals surface area contributed by atoms with Gasteiger partial charge >= 0.3 is 0 Å². The molecular formula is C19H16N4S. The Labute approximate surface area is 144 Å². The van der Waals surface area contributed by atoms with Gasteiger partial charge in [-0.3, -0.25) is 4.98 Å². The Balaban J connectivity index is 1.97. The largest absolute Gasteiger partial charge is 0.318 e. The number of nitrogens with zero attached hydrogens (tertiary/aromatic N) is 3. The van der Waals surface area contributed by atoms with E-state index in [-0.39, 0.29) is 6.04 Å². The molecule has 0 bridgehead atoms. The van der Waals surface area contributed by atoms with E-state index in [2.05, 4.69) is 34.0 Å². The molecule has 0 aliphatic rings. The van der Waals surface area contributed by atoms with Crippen LogP contribution in [0.3, 0.4) is 0 Å². The molecule has 0 spiro atoms. The second-order valence-corrected chi connectivity index (χ2v) is 6.77. The molecule has 0 saturated carbocycles. The number of aryl methyl sites for hydroxylation is 1. The van der Waals surface area contributed by atoms with E-state index in [9.17, 15) is 0 Å². The third-order valence-electron chi connectivity index (χ3n) is 4.06. The highest BCUT2D eigenvalue weighted by Crippen LogP contribution is 2.40. The average molecular weight is 332 g/mol. The van der Waals surface area contributed by atoms with Crippen molar-refractivity contribution >= 4 is 21.6 Å². The molecule has 2 N–H and O–H groups in total. The predicted octanol–water partition coefficient (Wildman–Crippen LogP) is 4.11. The zero-order valence-corrected chi connectivity index (χ0v) is 14.0. The first-order valence-corrected chi connectivity index (χ1v) is 8.53. The fourth-order valence-corrected chi connectivity index (χ4v) is 3.98. The Morgan fingerprint density at radius 1 is 0.958 bits per heavy atom.